The van der Waals surface area contributed by atoms with Gasteiger partial charge < -0.3 is 25.4 Å². The molecule has 2 aromatic heterocycles. The maximum atomic E-state index is 12.3. The Labute approximate surface area is 238 Å². The Bertz CT molecular complexity index is 1540. The Balaban J connectivity index is 1.61. The Morgan fingerprint density at radius 2 is 1.83 bits per heavy atom. The molecule has 2 heterocycles. The minimum absolute atomic E-state index is 0.0893. The average molecular weight is 557 g/mol. The zero-order chi connectivity index (χ0) is 28.9. The fourth-order valence-electron chi connectivity index (χ4n) is 5.28. The van der Waals surface area contributed by atoms with E-state index in [1.807, 2.05) is 38.1 Å². The van der Waals surface area contributed by atoms with Crippen LogP contribution in [0.25, 0.3) is 22.6 Å². The fraction of sp³-hybridized carbons (Fsp3) is 0.387. The van der Waals surface area contributed by atoms with E-state index in [-0.39, 0.29) is 37.3 Å². The van der Waals surface area contributed by atoms with Gasteiger partial charge in [-0.3, -0.25) is 4.79 Å². The number of carbonyl (C=O) groups excluding carboxylic acids is 1. The molecule has 41 heavy (non-hydrogen) atoms. The molecular weight excluding hydrogens is 520 g/mol. The molecule has 0 spiro atoms. The molecule has 1 fully saturated rings. The van der Waals surface area contributed by atoms with E-state index in [9.17, 15) is 14.7 Å². The fourth-order valence-corrected chi connectivity index (χ4v) is 5.28. The largest absolute Gasteiger partial charge is 0.475 e. The van der Waals surface area contributed by atoms with Gasteiger partial charge in [-0.2, -0.15) is 0 Å². The van der Waals surface area contributed by atoms with E-state index < -0.39 is 5.97 Å². The third-order valence-electron chi connectivity index (χ3n) is 7.69. The molecule has 1 aliphatic carbocycles. The number of benzene rings is 2. The highest BCUT2D eigenvalue weighted by Gasteiger charge is 2.30. The Morgan fingerprint density at radius 1 is 1.05 bits per heavy atom. The van der Waals surface area contributed by atoms with Crippen molar-refractivity contribution in [2.24, 2.45) is 5.92 Å². The number of carboxylic acids is 1. The lowest BCUT2D eigenvalue weighted by molar-refractivity contribution is -0.121. The van der Waals surface area contributed by atoms with Crippen molar-refractivity contribution < 1.29 is 19.8 Å². The summed E-state index contributed by atoms with van der Waals surface area (Å²) in [5.41, 5.74) is 5.13. The van der Waals surface area contributed by atoms with E-state index in [0.29, 0.717) is 41.7 Å². The molecule has 0 bridgehead atoms. The standard InChI is InChI=1S/C31H36N6O4/c1-19-9-11-21(12-10-19)18-37-26-27(33-24(22-6-4-7-22)13-14-25(39)32-15-16-38)34-29(31(40)41)35-28(26)36-30(37)23-8-3-5-20(2)17-23/h3,5,8-12,17,22,24,38H,4,6-7,13-16,18H2,1-2H3,(H,32,39)(H,40,41)(H,33,34,35)/t24-/m1/s1. The van der Waals surface area contributed by atoms with Crippen LogP contribution in [0.1, 0.15) is 59.4 Å². The number of hydrogen-bond donors (Lipinski definition) is 4. The van der Waals surface area contributed by atoms with Gasteiger partial charge in [0.25, 0.3) is 0 Å². The first-order valence-electron chi connectivity index (χ1n) is 14.1. The van der Waals surface area contributed by atoms with E-state index in [0.717, 1.165) is 41.5 Å². The molecule has 1 aliphatic rings. The van der Waals surface area contributed by atoms with Gasteiger partial charge in [-0.05, 0) is 50.7 Å². The Kier molecular flexibility index (Phi) is 8.58. The number of aromatic nitrogens is 4. The molecule has 1 saturated carbocycles. The smallest absolute Gasteiger partial charge is 0.374 e. The predicted octanol–water partition coefficient (Wildman–Crippen LogP) is 4.33. The van der Waals surface area contributed by atoms with E-state index in [4.69, 9.17) is 10.1 Å². The summed E-state index contributed by atoms with van der Waals surface area (Å²) in [4.78, 5) is 38.1. The minimum Gasteiger partial charge on any atom is -0.475 e. The zero-order valence-corrected chi connectivity index (χ0v) is 23.4. The molecule has 4 aromatic rings. The third-order valence-corrected chi connectivity index (χ3v) is 7.69. The number of anilines is 1. The first kappa shape index (κ1) is 28.2. The third kappa shape index (κ3) is 6.54. The molecule has 0 aliphatic heterocycles. The van der Waals surface area contributed by atoms with Gasteiger partial charge in [0.1, 0.15) is 11.3 Å². The van der Waals surface area contributed by atoms with Crippen molar-refractivity contribution in [1.82, 2.24) is 24.8 Å². The number of aliphatic hydroxyl groups is 1. The number of hydrogen-bond acceptors (Lipinski definition) is 7. The van der Waals surface area contributed by atoms with E-state index in [1.165, 1.54) is 0 Å². The van der Waals surface area contributed by atoms with Crippen molar-refractivity contribution in [3.63, 3.8) is 0 Å². The van der Waals surface area contributed by atoms with E-state index >= 15 is 0 Å². The monoisotopic (exact) mass is 556 g/mol. The van der Waals surface area contributed by atoms with Gasteiger partial charge in [0, 0.05) is 31.1 Å². The van der Waals surface area contributed by atoms with Crippen LogP contribution < -0.4 is 10.6 Å². The molecule has 214 valence electrons. The van der Waals surface area contributed by atoms with E-state index in [2.05, 4.69) is 49.4 Å². The van der Waals surface area contributed by atoms with Crippen LogP contribution >= 0.6 is 0 Å². The molecule has 0 saturated heterocycles. The Morgan fingerprint density at radius 3 is 2.49 bits per heavy atom. The molecule has 4 N–H and O–H groups in total. The predicted molar refractivity (Wildman–Crippen MR) is 157 cm³/mol. The highest BCUT2D eigenvalue weighted by Crippen LogP contribution is 2.35. The quantitative estimate of drug-likeness (QED) is 0.202. The number of fused-ring (bicyclic) bond motifs is 1. The van der Waals surface area contributed by atoms with Crippen LogP contribution in [0.15, 0.2) is 48.5 Å². The summed E-state index contributed by atoms with van der Waals surface area (Å²) in [6.45, 7) is 4.66. The lowest BCUT2D eigenvalue weighted by Gasteiger charge is -2.34. The number of aryl methyl sites for hydroxylation is 2. The highest BCUT2D eigenvalue weighted by molar-refractivity contribution is 5.92. The number of aliphatic hydroxyl groups excluding tert-OH is 1. The average Bonchev–Trinajstić information content (AvgIpc) is 3.29. The van der Waals surface area contributed by atoms with Crippen LogP contribution in [0.4, 0.5) is 5.82 Å². The van der Waals surface area contributed by atoms with Crippen molar-refractivity contribution in [2.45, 2.75) is 58.5 Å². The maximum absolute atomic E-state index is 12.3. The summed E-state index contributed by atoms with van der Waals surface area (Å²) < 4.78 is 2.05. The van der Waals surface area contributed by atoms with Crippen molar-refractivity contribution in [1.29, 1.82) is 0 Å². The summed E-state index contributed by atoms with van der Waals surface area (Å²) in [7, 11) is 0. The molecule has 10 heteroatoms. The van der Waals surface area contributed by atoms with Gasteiger partial charge in [0.2, 0.25) is 11.7 Å². The summed E-state index contributed by atoms with van der Waals surface area (Å²) in [5.74, 6) is -0.280. The molecular formula is C31H36N6O4. The summed E-state index contributed by atoms with van der Waals surface area (Å²) in [6.07, 6.45) is 3.99. The molecule has 1 atom stereocenters. The second-order valence-corrected chi connectivity index (χ2v) is 10.8. The first-order chi connectivity index (χ1) is 19.8. The van der Waals surface area contributed by atoms with Crippen LogP contribution in [0.3, 0.4) is 0 Å². The molecule has 0 radical (unpaired) electrons. The first-order valence-corrected chi connectivity index (χ1v) is 14.1. The number of nitrogens with zero attached hydrogens (tertiary/aromatic N) is 4. The maximum Gasteiger partial charge on any atom is 0.374 e. The van der Waals surface area contributed by atoms with Gasteiger partial charge in [-0.1, -0.05) is 60.0 Å². The van der Waals surface area contributed by atoms with Crippen molar-refractivity contribution in [2.75, 3.05) is 18.5 Å². The number of carbonyl (C=O) groups is 2. The van der Waals surface area contributed by atoms with Gasteiger partial charge in [0.05, 0.1) is 6.61 Å². The zero-order valence-electron chi connectivity index (χ0n) is 23.4. The van der Waals surface area contributed by atoms with Gasteiger partial charge in [-0.15, -0.1) is 0 Å². The lowest BCUT2D eigenvalue weighted by atomic mass is 9.78. The molecule has 0 unspecified atom stereocenters. The van der Waals surface area contributed by atoms with Crippen LogP contribution in [-0.2, 0) is 11.3 Å². The summed E-state index contributed by atoms with van der Waals surface area (Å²) in [6, 6.07) is 16.2. The SMILES string of the molecule is Cc1ccc(Cn2c(-c3cccc(C)c3)nc3nc(C(=O)O)nc(N[C@H](CCC(=O)NCCO)C4CCC4)c32)cc1. The van der Waals surface area contributed by atoms with Gasteiger partial charge in [0.15, 0.2) is 11.5 Å². The van der Waals surface area contributed by atoms with E-state index in [1.54, 1.807) is 0 Å². The van der Waals surface area contributed by atoms with Crippen molar-refractivity contribution in [3.05, 3.63) is 71.0 Å². The summed E-state index contributed by atoms with van der Waals surface area (Å²) >= 11 is 0. The second-order valence-electron chi connectivity index (χ2n) is 10.8. The summed E-state index contributed by atoms with van der Waals surface area (Å²) in [5, 5.41) is 25.1. The van der Waals surface area contributed by atoms with Gasteiger partial charge >= 0.3 is 5.97 Å². The topological polar surface area (TPSA) is 142 Å². The number of imidazole rings is 1. The second kappa shape index (κ2) is 12.5. The molecule has 10 nitrogen and oxygen atoms in total. The number of rotatable bonds is 12. The van der Waals surface area contributed by atoms with Crippen molar-refractivity contribution in [3.8, 4) is 11.4 Å². The van der Waals surface area contributed by atoms with Crippen LogP contribution in [-0.4, -0.2) is 60.8 Å². The van der Waals surface area contributed by atoms with Gasteiger partial charge in [-0.25, -0.2) is 19.7 Å². The number of aromatic carboxylic acids is 1. The molecule has 5 rings (SSSR count). The number of nitrogens with one attached hydrogen (secondary N) is 2. The van der Waals surface area contributed by atoms with Crippen LogP contribution in [0, 0.1) is 19.8 Å². The normalized spacial score (nSPS) is 14.0. The lowest BCUT2D eigenvalue weighted by Crippen LogP contribution is -2.36. The molecule has 2 aromatic carbocycles. The number of carboxylic acid groups (broad SMARTS) is 1. The van der Waals surface area contributed by atoms with Crippen molar-refractivity contribution >= 4 is 28.9 Å². The van der Waals surface area contributed by atoms with Crippen LogP contribution in [0.5, 0.6) is 0 Å². The minimum atomic E-state index is -1.23. The van der Waals surface area contributed by atoms with Crippen LogP contribution in [0.2, 0.25) is 0 Å². The Hall–Kier alpha value is -4.31. The highest BCUT2D eigenvalue weighted by atomic mass is 16.4. The number of amides is 1. The molecule has 1 amide bonds.